The molecule has 4 nitrogen and oxygen atoms in total. The molecule has 0 bridgehead atoms. The second-order valence-corrected chi connectivity index (χ2v) is 6.50. The van der Waals surface area contributed by atoms with Gasteiger partial charge in [0.05, 0.1) is 5.39 Å². The van der Waals surface area contributed by atoms with Gasteiger partial charge in [0.25, 0.3) is 0 Å². The van der Waals surface area contributed by atoms with Gasteiger partial charge in [-0.1, -0.05) is 18.2 Å². The second kappa shape index (κ2) is 5.51. The molecule has 1 aromatic heterocycles. The number of sulfonamides is 1. The van der Waals surface area contributed by atoms with Gasteiger partial charge in [-0.3, -0.25) is 0 Å². The predicted octanol–water partition coefficient (Wildman–Crippen LogP) is 2.92. The Morgan fingerprint density at radius 1 is 1.05 bits per heavy atom. The maximum absolute atomic E-state index is 13.9. The first-order valence-corrected chi connectivity index (χ1v) is 7.95. The normalized spacial score (nSPS) is 11.9. The molecule has 2 N–H and O–H groups in total. The van der Waals surface area contributed by atoms with Crippen LogP contribution in [0.1, 0.15) is 5.56 Å². The maximum atomic E-state index is 13.9. The highest BCUT2D eigenvalue weighted by molar-refractivity contribution is 7.89. The monoisotopic (exact) mass is 322 g/mol. The number of benzene rings is 2. The summed E-state index contributed by atoms with van der Waals surface area (Å²) in [5.41, 5.74) is 1.01. The van der Waals surface area contributed by atoms with Gasteiger partial charge in [0.2, 0.25) is 10.0 Å². The smallest absolute Gasteiger partial charge is 0.243 e. The molecular weight excluding hydrogens is 310 g/mol. The summed E-state index contributed by atoms with van der Waals surface area (Å²) in [6.07, 6.45) is 1.25. The molecule has 1 heterocycles. The lowest BCUT2D eigenvalue weighted by Gasteiger charge is -2.06. The van der Waals surface area contributed by atoms with E-state index in [2.05, 4.69) is 9.71 Å². The highest BCUT2D eigenvalue weighted by Crippen LogP contribution is 2.25. The molecule has 0 saturated heterocycles. The standard InChI is InChI=1S/C15H12F2N2O2S/c16-11-6-4-10(5-7-11)8-19-22(20,21)14-9-18-13-3-1-2-12(17)15(13)14/h1-7,9,18-19H,8H2. The lowest BCUT2D eigenvalue weighted by Crippen LogP contribution is -2.23. The Balaban J connectivity index is 1.90. The zero-order valence-corrected chi connectivity index (χ0v) is 12.1. The van der Waals surface area contributed by atoms with Crippen LogP contribution in [0.4, 0.5) is 8.78 Å². The van der Waals surface area contributed by atoms with Crippen LogP contribution in [0.25, 0.3) is 10.9 Å². The third-order valence-electron chi connectivity index (χ3n) is 3.29. The molecule has 0 aliphatic rings. The van der Waals surface area contributed by atoms with Gasteiger partial charge < -0.3 is 4.98 Å². The number of fused-ring (bicyclic) bond motifs is 1. The molecule has 0 fully saturated rings. The highest BCUT2D eigenvalue weighted by Gasteiger charge is 2.20. The molecule has 0 saturated carbocycles. The topological polar surface area (TPSA) is 62.0 Å². The number of aromatic nitrogens is 1. The molecule has 0 atom stereocenters. The van der Waals surface area contributed by atoms with Crippen molar-refractivity contribution in [2.24, 2.45) is 0 Å². The minimum atomic E-state index is -3.89. The SMILES string of the molecule is O=S(=O)(NCc1ccc(F)cc1)c1c[nH]c2cccc(F)c12. The van der Waals surface area contributed by atoms with Crippen LogP contribution in [0.3, 0.4) is 0 Å². The van der Waals surface area contributed by atoms with E-state index in [1.165, 1.54) is 42.6 Å². The van der Waals surface area contributed by atoms with Crippen LogP contribution in [-0.2, 0) is 16.6 Å². The van der Waals surface area contributed by atoms with Gasteiger partial charge in [-0.25, -0.2) is 21.9 Å². The number of nitrogens with one attached hydrogen (secondary N) is 2. The number of H-pyrrole nitrogens is 1. The molecule has 0 spiro atoms. The Bertz CT molecular complexity index is 918. The number of halogens is 2. The summed E-state index contributed by atoms with van der Waals surface area (Å²) in [5, 5.41) is 0.0223. The van der Waals surface area contributed by atoms with E-state index in [1.807, 2.05) is 0 Å². The van der Waals surface area contributed by atoms with Crippen LogP contribution in [0, 0.1) is 11.6 Å². The zero-order chi connectivity index (χ0) is 15.7. The van der Waals surface area contributed by atoms with E-state index >= 15 is 0 Å². The van der Waals surface area contributed by atoms with E-state index in [4.69, 9.17) is 0 Å². The van der Waals surface area contributed by atoms with Crippen molar-refractivity contribution in [1.82, 2.24) is 9.71 Å². The van der Waals surface area contributed by atoms with Crippen molar-refractivity contribution in [1.29, 1.82) is 0 Å². The summed E-state index contributed by atoms with van der Waals surface area (Å²) < 4.78 is 53.7. The molecule has 114 valence electrons. The highest BCUT2D eigenvalue weighted by atomic mass is 32.2. The molecular formula is C15H12F2N2O2S. The fraction of sp³-hybridized carbons (Fsp3) is 0.0667. The third-order valence-corrected chi connectivity index (χ3v) is 4.71. The molecule has 7 heteroatoms. The van der Waals surface area contributed by atoms with Crippen LogP contribution in [0.2, 0.25) is 0 Å². The summed E-state index contributed by atoms with van der Waals surface area (Å²) in [6, 6.07) is 9.74. The van der Waals surface area contributed by atoms with E-state index in [-0.39, 0.29) is 16.8 Å². The molecule has 0 amide bonds. The number of rotatable bonds is 4. The van der Waals surface area contributed by atoms with Crippen molar-refractivity contribution in [2.75, 3.05) is 0 Å². The minimum absolute atomic E-state index is 0.0102. The van der Waals surface area contributed by atoms with Gasteiger partial charge in [0.1, 0.15) is 16.5 Å². The predicted molar refractivity (Wildman–Crippen MR) is 78.7 cm³/mol. The molecule has 3 aromatic rings. The van der Waals surface area contributed by atoms with Crippen LogP contribution in [0.5, 0.6) is 0 Å². The summed E-state index contributed by atoms with van der Waals surface area (Å²) in [4.78, 5) is 2.58. The van der Waals surface area contributed by atoms with Gasteiger partial charge in [-0.2, -0.15) is 0 Å². The van der Waals surface area contributed by atoms with Crippen LogP contribution in [0.15, 0.2) is 53.6 Å². The number of hydrogen-bond acceptors (Lipinski definition) is 2. The quantitative estimate of drug-likeness (QED) is 0.776. The fourth-order valence-electron chi connectivity index (χ4n) is 2.18. The average Bonchev–Trinajstić information content (AvgIpc) is 2.93. The van der Waals surface area contributed by atoms with E-state index in [0.29, 0.717) is 11.1 Å². The second-order valence-electron chi connectivity index (χ2n) is 4.77. The molecule has 3 rings (SSSR count). The largest absolute Gasteiger partial charge is 0.360 e. The Labute approximate surface area is 125 Å². The molecule has 2 aromatic carbocycles. The Hall–Kier alpha value is -2.25. The molecule has 0 radical (unpaired) electrons. The number of hydrogen-bond donors (Lipinski definition) is 2. The number of aromatic amines is 1. The van der Waals surface area contributed by atoms with Crippen molar-refractivity contribution in [3.05, 3.63) is 65.9 Å². The van der Waals surface area contributed by atoms with E-state index < -0.39 is 21.7 Å². The first-order chi connectivity index (χ1) is 10.5. The molecule has 22 heavy (non-hydrogen) atoms. The van der Waals surface area contributed by atoms with Crippen molar-refractivity contribution in [3.8, 4) is 0 Å². The van der Waals surface area contributed by atoms with Crippen LogP contribution in [-0.4, -0.2) is 13.4 Å². The van der Waals surface area contributed by atoms with Crippen molar-refractivity contribution >= 4 is 20.9 Å². The first kappa shape index (κ1) is 14.7. The summed E-state index contributed by atoms with van der Waals surface area (Å²) in [7, 11) is -3.89. The molecule has 0 aliphatic carbocycles. The molecule has 0 aliphatic heterocycles. The first-order valence-electron chi connectivity index (χ1n) is 6.47. The van der Waals surface area contributed by atoms with Crippen LogP contribution >= 0.6 is 0 Å². The lowest BCUT2D eigenvalue weighted by molar-refractivity contribution is 0.580. The Morgan fingerprint density at radius 3 is 2.50 bits per heavy atom. The summed E-state index contributed by atoms with van der Waals surface area (Å²) in [5.74, 6) is -1.01. The third kappa shape index (κ3) is 2.72. The van der Waals surface area contributed by atoms with Gasteiger partial charge in [0, 0.05) is 18.3 Å². The van der Waals surface area contributed by atoms with Crippen molar-refractivity contribution in [2.45, 2.75) is 11.4 Å². The molecule has 0 unspecified atom stereocenters. The Kier molecular flexibility index (Phi) is 3.67. The van der Waals surface area contributed by atoms with Gasteiger partial charge in [-0.05, 0) is 29.8 Å². The summed E-state index contributed by atoms with van der Waals surface area (Å²) >= 11 is 0. The van der Waals surface area contributed by atoms with Crippen molar-refractivity contribution in [3.63, 3.8) is 0 Å². The van der Waals surface area contributed by atoms with E-state index in [1.54, 1.807) is 6.07 Å². The van der Waals surface area contributed by atoms with Gasteiger partial charge >= 0.3 is 0 Å². The maximum Gasteiger partial charge on any atom is 0.243 e. The van der Waals surface area contributed by atoms with E-state index in [0.717, 1.165) is 0 Å². The Morgan fingerprint density at radius 2 is 1.77 bits per heavy atom. The minimum Gasteiger partial charge on any atom is -0.360 e. The van der Waals surface area contributed by atoms with Gasteiger partial charge in [-0.15, -0.1) is 0 Å². The van der Waals surface area contributed by atoms with Crippen LogP contribution < -0.4 is 4.72 Å². The zero-order valence-electron chi connectivity index (χ0n) is 11.3. The summed E-state index contributed by atoms with van der Waals surface area (Å²) in [6.45, 7) is -0.0102. The van der Waals surface area contributed by atoms with Crippen molar-refractivity contribution < 1.29 is 17.2 Å². The average molecular weight is 322 g/mol. The lowest BCUT2D eigenvalue weighted by atomic mass is 10.2. The van der Waals surface area contributed by atoms with Gasteiger partial charge in [0.15, 0.2) is 0 Å². The fourth-order valence-corrected chi connectivity index (χ4v) is 3.38. The van der Waals surface area contributed by atoms with E-state index in [9.17, 15) is 17.2 Å².